The summed E-state index contributed by atoms with van der Waals surface area (Å²) in [4.78, 5) is 28.4. The number of nitrogens with one attached hydrogen (secondary N) is 1. The lowest BCUT2D eigenvalue weighted by molar-refractivity contribution is -0.142. The van der Waals surface area contributed by atoms with Gasteiger partial charge in [-0.25, -0.2) is 0 Å². The minimum Gasteiger partial charge on any atom is -0.482 e. The molecule has 0 aromatic heterocycles. The molecule has 3 aromatic carbocycles. The predicted molar refractivity (Wildman–Crippen MR) is 144 cm³/mol. The SMILES string of the molecule is CCCNC(=O)C(Cc1ccccc1)N(Cc1cccc(Cl)c1)C(=O)COc1ccc(Br)cc1Cl. The Kier molecular flexibility index (Phi) is 10.5. The van der Waals surface area contributed by atoms with E-state index in [1.54, 1.807) is 35.2 Å². The van der Waals surface area contributed by atoms with E-state index >= 15 is 0 Å². The molecule has 3 rings (SSSR count). The molecule has 1 atom stereocenters. The van der Waals surface area contributed by atoms with Crippen LogP contribution in [0.5, 0.6) is 5.75 Å². The highest BCUT2D eigenvalue weighted by Gasteiger charge is 2.30. The van der Waals surface area contributed by atoms with E-state index < -0.39 is 6.04 Å². The van der Waals surface area contributed by atoms with Crippen molar-refractivity contribution in [1.29, 1.82) is 0 Å². The Morgan fingerprint density at radius 2 is 1.74 bits per heavy atom. The number of rotatable bonds is 11. The minimum absolute atomic E-state index is 0.202. The third kappa shape index (κ3) is 8.27. The van der Waals surface area contributed by atoms with E-state index in [-0.39, 0.29) is 25.0 Å². The van der Waals surface area contributed by atoms with Gasteiger partial charge in [0.15, 0.2) is 6.61 Å². The van der Waals surface area contributed by atoms with E-state index in [2.05, 4.69) is 21.2 Å². The van der Waals surface area contributed by atoms with E-state index in [0.717, 1.165) is 22.0 Å². The van der Waals surface area contributed by atoms with Crippen LogP contribution in [0.2, 0.25) is 10.0 Å². The topological polar surface area (TPSA) is 58.6 Å². The Bertz CT molecular complexity index is 1140. The van der Waals surface area contributed by atoms with Gasteiger partial charge in [0, 0.05) is 29.0 Å². The van der Waals surface area contributed by atoms with E-state index in [9.17, 15) is 9.59 Å². The van der Waals surface area contributed by atoms with Crippen molar-refractivity contribution in [2.45, 2.75) is 32.4 Å². The zero-order valence-electron chi connectivity index (χ0n) is 19.3. The molecule has 0 aliphatic rings. The summed E-state index contributed by atoms with van der Waals surface area (Å²) in [6.45, 7) is 2.44. The molecule has 0 saturated carbocycles. The second-order valence-corrected chi connectivity index (χ2v) is 9.77. The van der Waals surface area contributed by atoms with E-state index in [0.29, 0.717) is 28.8 Å². The van der Waals surface area contributed by atoms with Crippen molar-refractivity contribution < 1.29 is 14.3 Å². The fourth-order valence-electron chi connectivity index (χ4n) is 3.57. The molecule has 0 fully saturated rings. The molecule has 35 heavy (non-hydrogen) atoms. The highest BCUT2D eigenvalue weighted by atomic mass is 79.9. The van der Waals surface area contributed by atoms with Gasteiger partial charge in [0.2, 0.25) is 5.91 Å². The van der Waals surface area contributed by atoms with Crippen molar-refractivity contribution in [1.82, 2.24) is 10.2 Å². The third-order valence-electron chi connectivity index (χ3n) is 5.31. The monoisotopic (exact) mass is 576 g/mol. The number of halogens is 3. The van der Waals surface area contributed by atoms with Crippen LogP contribution in [0.4, 0.5) is 0 Å². The van der Waals surface area contributed by atoms with Crippen LogP contribution in [0, 0.1) is 0 Å². The van der Waals surface area contributed by atoms with Crippen LogP contribution in [-0.4, -0.2) is 35.9 Å². The van der Waals surface area contributed by atoms with Gasteiger partial charge in [0.1, 0.15) is 11.8 Å². The van der Waals surface area contributed by atoms with E-state index in [4.69, 9.17) is 27.9 Å². The van der Waals surface area contributed by atoms with Gasteiger partial charge < -0.3 is 15.0 Å². The van der Waals surface area contributed by atoms with Gasteiger partial charge in [-0.3, -0.25) is 9.59 Å². The molecule has 0 heterocycles. The summed E-state index contributed by atoms with van der Waals surface area (Å²) in [5.74, 6) is -0.162. The molecule has 2 amide bonds. The van der Waals surface area contributed by atoms with Crippen molar-refractivity contribution in [3.05, 3.63) is 98.4 Å². The molecule has 0 radical (unpaired) electrons. The van der Waals surface area contributed by atoms with Crippen LogP contribution in [0.25, 0.3) is 0 Å². The first-order chi connectivity index (χ1) is 16.9. The lowest BCUT2D eigenvalue weighted by atomic mass is 10.0. The van der Waals surface area contributed by atoms with Crippen molar-refractivity contribution in [3.8, 4) is 5.75 Å². The molecule has 0 aliphatic heterocycles. The maximum Gasteiger partial charge on any atom is 0.261 e. The second kappa shape index (κ2) is 13.5. The molecule has 0 bridgehead atoms. The first-order valence-electron chi connectivity index (χ1n) is 11.3. The maximum absolute atomic E-state index is 13.5. The predicted octanol–water partition coefficient (Wildman–Crippen LogP) is 6.30. The van der Waals surface area contributed by atoms with Crippen molar-refractivity contribution in [2.75, 3.05) is 13.2 Å². The summed E-state index contributed by atoms with van der Waals surface area (Å²) in [6, 6.07) is 21.3. The molecule has 0 aliphatic carbocycles. The van der Waals surface area contributed by atoms with Crippen molar-refractivity contribution in [2.24, 2.45) is 0 Å². The molecular weight excluding hydrogens is 551 g/mol. The molecule has 3 aromatic rings. The van der Waals surface area contributed by atoms with Gasteiger partial charge in [-0.15, -0.1) is 0 Å². The lowest BCUT2D eigenvalue weighted by Crippen LogP contribution is -2.51. The number of carbonyl (C=O) groups excluding carboxylic acids is 2. The highest BCUT2D eigenvalue weighted by molar-refractivity contribution is 9.10. The molecule has 1 unspecified atom stereocenters. The fraction of sp³-hybridized carbons (Fsp3) is 0.259. The maximum atomic E-state index is 13.5. The number of hydrogen-bond donors (Lipinski definition) is 1. The van der Waals surface area contributed by atoms with Crippen LogP contribution in [-0.2, 0) is 22.6 Å². The first kappa shape index (κ1) is 27.1. The van der Waals surface area contributed by atoms with Crippen molar-refractivity contribution in [3.63, 3.8) is 0 Å². The van der Waals surface area contributed by atoms with E-state index in [1.807, 2.05) is 49.4 Å². The summed E-state index contributed by atoms with van der Waals surface area (Å²) in [5.41, 5.74) is 1.76. The Hall–Kier alpha value is -2.54. The van der Waals surface area contributed by atoms with Gasteiger partial charge in [-0.05, 0) is 47.9 Å². The van der Waals surface area contributed by atoms with Gasteiger partial charge >= 0.3 is 0 Å². The Morgan fingerprint density at radius 1 is 1.00 bits per heavy atom. The summed E-state index contributed by atoms with van der Waals surface area (Å²) in [5, 5.41) is 3.89. The molecule has 8 heteroatoms. The van der Waals surface area contributed by atoms with Crippen molar-refractivity contribution >= 4 is 50.9 Å². The van der Waals surface area contributed by atoms with E-state index in [1.165, 1.54) is 0 Å². The number of hydrogen-bond acceptors (Lipinski definition) is 3. The Balaban J connectivity index is 1.90. The van der Waals surface area contributed by atoms with Gasteiger partial charge in [0.25, 0.3) is 5.91 Å². The molecule has 0 saturated heterocycles. The van der Waals surface area contributed by atoms with Crippen LogP contribution in [0.3, 0.4) is 0 Å². The average Bonchev–Trinajstić information content (AvgIpc) is 2.84. The Labute approximate surface area is 224 Å². The highest BCUT2D eigenvalue weighted by Crippen LogP contribution is 2.28. The lowest BCUT2D eigenvalue weighted by Gasteiger charge is -2.31. The molecule has 184 valence electrons. The molecule has 0 spiro atoms. The quantitative estimate of drug-likeness (QED) is 0.291. The minimum atomic E-state index is -0.737. The molecule has 5 nitrogen and oxygen atoms in total. The average molecular weight is 578 g/mol. The van der Waals surface area contributed by atoms with Crippen LogP contribution < -0.4 is 10.1 Å². The van der Waals surface area contributed by atoms with Gasteiger partial charge in [-0.2, -0.15) is 0 Å². The largest absolute Gasteiger partial charge is 0.482 e. The molecular formula is C27H27BrCl2N2O3. The van der Waals surface area contributed by atoms with Gasteiger partial charge in [-0.1, -0.05) is 88.5 Å². The number of amides is 2. The number of ether oxygens (including phenoxy) is 1. The smallest absolute Gasteiger partial charge is 0.261 e. The second-order valence-electron chi connectivity index (χ2n) is 8.01. The third-order valence-corrected chi connectivity index (χ3v) is 6.33. The Morgan fingerprint density at radius 3 is 2.43 bits per heavy atom. The van der Waals surface area contributed by atoms with Crippen LogP contribution >= 0.6 is 39.1 Å². The fourth-order valence-corrected chi connectivity index (χ4v) is 4.51. The zero-order valence-corrected chi connectivity index (χ0v) is 22.4. The first-order valence-corrected chi connectivity index (χ1v) is 12.9. The van der Waals surface area contributed by atoms with Gasteiger partial charge in [0.05, 0.1) is 5.02 Å². The van der Waals surface area contributed by atoms with Crippen LogP contribution in [0.15, 0.2) is 77.3 Å². The zero-order chi connectivity index (χ0) is 25.2. The molecule has 1 N–H and O–H groups in total. The summed E-state index contributed by atoms with van der Waals surface area (Å²) in [6.07, 6.45) is 1.15. The summed E-state index contributed by atoms with van der Waals surface area (Å²) < 4.78 is 6.56. The standard InChI is InChI=1S/C27H27BrCl2N2O3/c1-2-13-31-27(34)24(15-19-7-4-3-5-8-19)32(17-20-9-6-10-22(29)14-20)26(33)18-35-25-12-11-21(28)16-23(25)30/h3-12,14,16,24H,2,13,15,17-18H2,1H3,(H,31,34). The number of carbonyl (C=O) groups is 2. The summed E-state index contributed by atoms with van der Waals surface area (Å²) >= 11 is 15.8. The summed E-state index contributed by atoms with van der Waals surface area (Å²) in [7, 11) is 0. The number of benzene rings is 3. The normalized spacial score (nSPS) is 11.5. The van der Waals surface area contributed by atoms with Crippen LogP contribution in [0.1, 0.15) is 24.5 Å². The number of nitrogens with zero attached hydrogens (tertiary/aromatic N) is 1.